The molecule has 0 spiro atoms. The van der Waals surface area contributed by atoms with Crippen molar-refractivity contribution in [3.8, 4) is 0 Å². The van der Waals surface area contributed by atoms with Gasteiger partial charge in [-0.3, -0.25) is 4.79 Å². The number of carbonyl (C=O) groups is 1. The molecule has 4 heteroatoms. The van der Waals surface area contributed by atoms with E-state index in [0.717, 1.165) is 13.1 Å². The van der Waals surface area contributed by atoms with Crippen molar-refractivity contribution < 1.29 is 4.79 Å². The smallest absolute Gasteiger partial charge is 0.254 e. The normalized spacial score (nSPS) is 24.8. The van der Waals surface area contributed by atoms with Crippen LogP contribution in [0.1, 0.15) is 24.2 Å². The molecule has 0 aromatic heterocycles. The second-order valence-electron chi connectivity index (χ2n) is 4.49. The fourth-order valence-electron chi connectivity index (χ4n) is 2.10. The van der Waals surface area contributed by atoms with Crippen molar-refractivity contribution in [2.75, 3.05) is 13.1 Å². The maximum Gasteiger partial charge on any atom is 0.254 e. The summed E-state index contributed by atoms with van der Waals surface area (Å²) >= 11 is 5.82. The third-order valence-electron chi connectivity index (χ3n) is 3.39. The van der Waals surface area contributed by atoms with E-state index in [9.17, 15) is 4.79 Å². The van der Waals surface area contributed by atoms with E-state index >= 15 is 0 Å². The molecular formula is C13H17ClN2O. The zero-order chi connectivity index (χ0) is 12.4. The second kappa shape index (κ2) is 5.07. The molecule has 2 atom stereocenters. The Labute approximate surface area is 107 Å². The molecule has 0 saturated carbocycles. The predicted octanol–water partition coefficient (Wildman–Crippen LogP) is 2.16. The fourth-order valence-corrected chi connectivity index (χ4v) is 2.23. The van der Waals surface area contributed by atoms with Gasteiger partial charge in [0.05, 0.1) is 0 Å². The summed E-state index contributed by atoms with van der Waals surface area (Å²) in [5, 5.41) is 4.02. The molecule has 1 aliphatic rings. The Balaban J connectivity index is 2.16. The largest absolute Gasteiger partial charge is 0.333 e. The number of rotatable bonds is 1. The van der Waals surface area contributed by atoms with E-state index in [1.807, 2.05) is 4.90 Å². The average Bonchev–Trinajstić information content (AvgIpc) is 2.33. The molecule has 92 valence electrons. The van der Waals surface area contributed by atoms with Crippen LogP contribution in [0.15, 0.2) is 24.3 Å². The number of hydrogen-bond acceptors (Lipinski definition) is 2. The summed E-state index contributed by atoms with van der Waals surface area (Å²) in [7, 11) is 0. The number of piperazine rings is 1. The van der Waals surface area contributed by atoms with Crippen molar-refractivity contribution in [3.05, 3.63) is 34.9 Å². The first-order chi connectivity index (χ1) is 8.09. The molecule has 17 heavy (non-hydrogen) atoms. The van der Waals surface area contributed by atoms with Crippen molar-refractivity contribution in [3.63, 3.8) is 0 Å². The molecule has 1 fully saturated rings. The van der Waals surface area contributed by atoms with Gasteiger partial charge in [0.1, 0.15) is 0 Å². The van der Waals surface area contributed by atoms with Crippen molar-refractivity contribution in [1.82, 2.24) is 10.2 Å². The Hall–Kier alpha value is -1.06. The van der Waals surface area contributed by atoms with E-state index in [2.05, 4.69) is 19.2 Å². The van der Waals surface area contributed by atoms with Gasteiger partial charge in [0, 0.05) is 35.8 Å². The molecule has 1 aromatic rings. The molecule has 2 rings (SSSR count). The van der Waals surface area contributed by atoms with E-state index in [1.165, 1.54) is 0 Å². The quantitative estimate of drug-likeness (QED) is 0.831. The predicted molar refractivity (Wildman–Crippen MR) is 69.4 cm³/mol. The lowest BCUT2D eigenvalue weighted by Crippen LogP contribution is -2.57. The highest BCUT2D eigenvalue weighted by Gasteiger charge is 2.28. The van der Waals surface area contributed by atoms with Gasteiger partial charge in [-0.15, -0.1) is 0 Å². The van der Waals surface area contributed by atoms with Gasteiger partial charge in [-0.2, -0.15) is 0 Å². The number of halogens is 1. The topological polar surface area (TPSA) is 32.3 Å². The van der Waals surface area contributed by atoms with E-state index < -0.39 is 0 Å². The van der Waals surface area contributed by atoms with Crippen LogP contribution in [0.25, 0.3) is 0 Å². The number of benzene rings is 1. The van der Waals surface area contributed by atoms with Crippen LogP contribution in [-0.2, 0) is 0 Å². The van der Waals surface area contributed by atoms with Crippen LogP contribution in [0.4, 0.5) is 0 Å². The Morgan fingerprint density at radius 3 is 2.65 bits per heavy atom. The van der Waals surface area contributed by atoms with E-state index in [-0.39, 0.29) is 11.9 Å². The average molecular weight is 253 g/mol. The van der Waals surface area contributed by atoms with Crippen LogP contribution >= 0.6 is 11.6 Å². The molecule has 0 aliphatic carbocycles. The number of hydrogen-bond donors (Lipinski definition) is 1. The van der Waals surface area contributed by atoms with Crippen molar-refractivity contribution in [2.45, 2.75) is 25.9 Å². The monoisotopic (exact) mass is 252 g/mol. The fraction of sp³-hybridized carbons (Fsp3) is 0.462. The zero-order valence-corrected chi connectivity index (χ0v) is 10.9. The van der Waals surface area contributed by atoms with Crippen molar-refractivity contribution in [2.24, 2.45) is 0 Å². The molecule has 2 unspecified atom stereocenters. The molecule has 0 radical (unpaired) electrons. The van der Waals surface area contributed by atoms with Crippen molar-refractivity contribution >= 4 is 17.5 Å². The van der Waals surface area contributed by atoms with Gasteiger partial charge in [0.15, 0.2) is 0 Å². The van der Waals surface area contributed by atoms with Gasteiger partial charge in [0.2, 0.25) is 0 Å². The standard InChI is InChI=1S/C13H17ClN2O/c1-9-10(2)16(8-7-15-9)13(17)11-3-5-12(14)6-4-11/h3-6,9-10,15H,7-8H2,1-2H3. The SMILES string of the molecule is CC1NCCN(C(=O)c2ccc(Cl)cc2)C1C. The van der Waals surface area contributed by atoms with Crippen LogP contribution in [-0.4, -0.2) is 36.0 Å². The summed E-state index contributed by atoms with van der Waals surface area (Å²) in [4.78, 5) is 14.2. The van der Waals surface area contributed by atoms with E-state index in [0.29, 0.717) is 16.6 Å². The molecule has 1 amide bonds. The summed E-state index contributed by atoms with van der Waals surface area (Å²) < 4.78 is 0. The van der Waals surface area contributed by atoms with Crippen LogP contribution < -0.4 is 5.32 Å². The lowest BCUT2D eigenvalue weighted by molar-refractivity contribution is 0.0603. The lowest BCUT2D eigenvalue weighted by atomic mass is 10.1. The van der Waals surface area contributed by atoms with Crippen LogP contribution in [0.5, 0.6) is 0 Å². The first kappa shape index (κ1) is 12.4. The number of amides is 1. The molecule has 0 bridgehead atoms. The maximum atomic E-state index is 12.3. The number of carbonyl (C=O) groups excluding carboxylic acids is 1. The van der Waals surface area contributed by atoms with Crippen LogP contribution in [0.3, 0.4) is 0 Å². The zero-order valence-electron chi connectivity index (χ0n) is 10.1. The Morgan fingerprint density at radius 1 is 1.35 bits per heavy atom. The minimum Gasteiger partial charge on any atom is -0.333 e. The molecular weight excluding hydrogens is 236 g/mol. The Kier molecular flexibility index (Phi) is 3.69. The number of nitrogens with zero attached hydrogens (tertiary/aromatic N) is 1. The van der Waals surface area contributed by atoms with Crippen molar-refractivity contribution in [1.29, 1.82) is 0 Å². The van der Waals surface area contributed by atoms with Gasteiger partial charge in [-0.1, -0.05) is 11.6 Å². The maximum absolute atomic E-state index is 12.3. The van der Waals surface area contributed by atoms with Gasteiger partial charge in [-0.05, 0) is 38.1 Å². The molecule has 1 saturated heterocycles. The van der Waals surface area contributed by atoms with Gasteiger partial charge >= 0.3 is 0 Å². The van der Waals surface area contributed by atoms with Crippen LogP contribution in [0, 0.1) is 0 Å². The summed E-state index contributed by atoms with van der Waals surface area (Å²) in [6.07, 6.45) is 0. The minimum atomic E-state index is 0.0857. The summed E-state index contributed by atoms with van der Waals surface area (Å²) in [5.41, 5.74) is 0.704. The van der Waals surface area contributed by atoms with E-state index in [4.69, 9.17) is 11.6 Å². The lowest BCUT2D eigenvalue weighted by Gasteiger charge is -2.38. The highest BCUT2D eigenvalue weighted by atomic mass is 35.5. The molecule has 1 heterocycles. The Bertz CT molecular complexity index is 404. The van der Waals surface area contributed by atoms with Gasteiger partial charge < -0.3 is 10.2 Å². The van der Waals surface area contributed by atoms with Gasteiger partial charge in [-0.25, -0.2) is 0 Å². The molecule has 1 aromatic carbocycles. The van der Waals surface area contributed by atoms with Gasteiger partial charge in [0.25, 0.3) is 5.91 Å². The summed E-state index contributed by atoms with van der Waals surface area (Å²) in [6, 6.07) is 7.62. The third kappa shape index (κ3) is 2.61. The van der Waals surface area contributed by atoms with E-state index in [1.54, 1.807) is 24.3 Å². The van der Waals surface area contributed by atoms with Crippen LogP contribution in [0.2, 0.25) is 5.02 Å². The second-order valence-corrected chi connectivity index (χ2v) is 4.93. The number of nitrogens with one attached hydrogen (secondary N) is 1. The minimum absolute atomic E-state index is 0.0857. The summed E-state index contributed by atoms with van der Waals surface area (Å²) in [6.45, 7) is 5.79. The first-order valence-corrected chi connectivity index (χ1v) is 6.27. The Morgan fingerprint density at radius 2 is 2.00 bits per heavy atom. The molecule has 1 aliphatic heterocycles. The third-order valence-corrected chi connectivity index (χ3v) is 3.64. The highest BCUT2D eigenvalue weighted by molar-refractivity contribution is 6.30. The highest BCUT2D eigenvalue weighted by Crippen LogP contribution is 2.15. The summed E-state index contributed by atoms with van der Waals surface area (Å²) in [5.74, 6) is 0.0857. The first-order valence-electron chi connectivity index (χ1n) is 5.89. The molecule has 1 N–H and O–H groups in total. The molecule has 3 nitrogen and oxygen atoms in total.